The zero-order valence-corrected chi connectivity index (χ0v) is 15.1. The van der Waals surface area contributed by atoms with Gasteiger partial charge >= 0.3 is 29.6 Å². The van der Waals surface area contributed by atoms with Gasteiger partial charge in [-0.05, 0) is 25.1 Å². The van der Waals surface area contributed by atoms with Crippen LogP contribution in [-0.4, -0.2) is 39.6 Å². The van der Waals surface area contributed by atoms with Crippen LogP contribution in [0.3, 0.4) is 0 Å². The van der Waals surface area contributed by atoms with E-state index < -0.39 is 40.7 Å². The van der Waals surface area contributed by atoms with Gasteiger partial charge in [-0.1, -0.05) is 17.9 Å². The average Bonchev–Trinajstić information content (AvgIpc) is 3.02. The summed E-state index contributed by atoms with van der Waals surface area (Å²) in [5.74, 6) is -28.1. The van der Waals surface area contributed by atoms with Gasteiger partial charge in [0.25, 0.3) is 0 Å². The lowest BCUT2D eigenvalue weighted by atomic mass is 9.98. The molecular formula is C16H11F8N3OS. The molecule has 1 amide bonds. The number of pyridine rings is 1. The van der Waals surface area contributed by atoms with Gasteiger partial charge in [-0.2, -0.15) is 35.1 Å². The Balaban J connectivity index is 2.34. The topological polar surface area (TPSA) is 54.9 Å². The van der Waals surface area contributed by atoms with E-state index in [-0.39, 0.29) is 10.7 Å². The maximum absolute atomic E-state index is 13.9. The fourth-order valence-electron chi connectivity index (χ4n) is 1.98. The number of anilines is 1. The van der Waals surface area contributed by atoms with Crippen molar-refractivity contribution in [1.82, 2.24) is 9.97 Å². The van der Waals surface area contributed by atoms with E-state index in [1.807, 2.05) is 0 Å². The summed E-state index contributed by atoms with van der Waals surface area (Å²) in [6, 6.07) is 3.04. The lowest BCUT2D eigenvalue weighted by molar-refractivity contribution is -0.344. The fraction of sp³-hybridized carbons (Fsp3) is 0.312. The largest absolute Gasteiger partial charge is 0.393 e. The molecule has 2 aromatic heterocycles. The van der Waals surface area contributed by atoms with E-state index in [4.69, 9.17) is 0 Å². The molecule has 0 atom stereocenters. The van der Waals surface area contributed by atoms with E-state index in [1.54, 1.807) is 0 Å². The number of amides is 1. The second kappa shape index (κ2) is 7.35. The molecule has 0 aliphatic rings. The average molecular weight is 445 g/mol. The Kier molecular flexibility index (Phi) is 5.76. The summed E-state index contributed by atoms with van der Waals surface area (Å²) in [7, 11) is 0. The number of rotatable bonds is 7. The second-order valence-electron chi connectivity index (χ2n) is 5.68. The number of hydrogen-bond acceptors (Lipinski definition) is 4. The number of nitrogens with one attached hydrogen (secondary N) is 1. The zero-order chi connectivity index (χ0) is 22.3. The van der Waals surface area contributed by atoms with Gasteiger partial charge in [0.05, 0.1) is 5.69 Å². The molecule has 0 saturated heterocycles. The Morgan fingerprint density at radius 2 is 1.76 bits per heavy atom. The summed E-state index contributed by atoms with van der Waals surface area (Å²) in [5, 5.41) is 1.05. The molecule has 2 aromatic rings. The van der Waals surface area contributed by atoms with Crippen molar-refractivity contribution in [2.24, 2.45) is 0 Å². The molecule has 0 spiro atoms. The van der Waals surface area contributed by atoms with Crippen molar-refractivity contribution in [2.45, 2.75) is 30.6 Å². The molecule has 13 heteroatoms. The first-order chi connectivity index (χ1) is 13.2. The van der Waals surface area contributed by atoms with Gasteiger partial charge in [0.2, 0.25) is 0 Å². The van der Waals surface area contributed by atoms with E-state index >= 15 is 0 Å². The number of nitrogens with zero attached hydrogens (tertiary/aromatic N) is 2. The molecule has 158 valence electrons. The molecule has 4 nitrogen and oxygen atoms in total. The minimum atomic E-state index is -6.73. The maximum Gasteiger partial charge on any atom is 0.393 e. The molecular weight excluding hydrogens is 434 g/mol. The number of hydrogen-bond donors (Lipinski definition) is 1. The lowest BCUT2D eigenvalue weighted by Crippen LogP contribution is -2.64. The van der Waals surface area contributed by atoms with Crippen LogP contribution in [0.1, 0.15) is 5.69 Å². The summed E-state index contributed by atoms with van der Waals surface area (Å²) in [4.78, 5) is 19.4. The third-order valence-corrected chi connectivity index (χ3v) is 4.80. The van der Waals surface area contributed by atoms with Crippen molar-refractivity contribution >= 4 is 22.2 Å². The lowest BCUT2D eigenvalue weighted by Gasteiger charge is -2.34. The number of alkyl halides is 8. The number of carbonyl (C=O) groups is 1. The van der Waals surface area contributed by atoms with Gasteiger partial charge in [0.15, 0.2) is 0 Å². The Labute approximate surface area is 162 Å². The molecule has 0 fully saturated rings. The summed E-state index contributed by atoms with van der Waals surface area (Å²) in [6.45, 7) is 3.45. The molecule has 0 saturated carbocycles. The first kappa shape index (κ1) is 22.7. The third-order valence-electron chi connectivity index (χ3n) is 3.68. The number of halogens is 8. The van der Waals surface area contributed by atoms with E-state index in [1.165, 1.54) is 36.8 Å². The molecule has 29 heavy (non-hydrogen) atoms. The van der Waals surface area contributed by atoms with Crippen LogP contribution in [0.2, 0.25) is 0 Å². The summed E-state index contributed by atoms with van der Waals surface area (Å²) in [6.07, 6.45) is 1.86. The van der Waals surface area contributed by atoms with Crippen molar-refractivity contribution in [2.75, 3.05) is 5.32 Å². The summed E-state index contributed by atoms with van der Waals surface area (Å²) < 4.78 is 108. The van der Waals surface area contributed by atoms with Gasteiger partial charge < -0.3 is 5.32 Å². The number of aryl methyl sites for hydroxylation is 1. The minimum Gasteiger partial charge on any atom is -0.311 e. The van der Waals surface area contributed by atoms with Crippen LogP contribution >= 0.6 is 11.3 Å². The zero-order valence-electron chi connectivity index (χ0n) is 14.3. The van der Waals surface area contributed by atoms with Crippen molar-refractivity contribution in [3.63, 3.8) is 0 Å². The highest BCUT2D eigenvalue weighted by atomic mass is 32.1. The molecule has 0 bridgehead atoms. The predicted octanol–water partition coefficient (Wildman–Crippen LogP) is 5.18. The van der Waals surface area contributed by atoms with Gasteiger partial charge in [0.1, 0.15) is 10.0 Å². The van der Waals surface area contributed by atoms with Crippen LogP contribution in [-0.2, 0) is 4.79 Å². The number of aromatic nitrogens is 2. The Morgan fingerprint density at radius 3 is 2.28 bits per heavy atom. The van der Waals surface area contributed by atoms with Crippen molar-refractivity contribution in [3.8, 4) is 10.6 Å². The minimum absolute atomic E-state index is 0.0931. The van der Waals surface area contributed by atoms with E-state index in [9.17, 15) is 39.9 Å². The number of allylic oxidation sites excluding steroid dienone is 1. The maximum atomic E-state index is 13.9. The van der Waals surface area contributed by atoms with Gasteiger partial charge in [0, 0.05) is 18.0 Å². The van der Waals surface area contributed by atoms with Gasteiger partial charge in [-0.25, -0.2) is 4.98 Å². The Bertz CT molecular complexity index is 914. The molecule has 1 N–H and O–H groups in total. The smallest absolute Gasteiger partial charge is 0.311 e. The highest BCUT2D eigenvalue weighted by Gasteiger charge is 2.82. The summed E-state index contributed by atoms with van der Waals surface area (Å²) in [5.41, 5.74) is 0.305. The highest BCUT2D eigenvalue weighted by molar-refractivity contribution is 7.19. The molecule has 0 aromatic carbocycles. The highest BCUT2D eigenvalue weighted by Crippen LogP contribution is 2.53. The SMILES string of the molecule is C=CC(F)(F)C(F)(F)C(F)(F)C(F)(F)C(=O)Nc1sc(-c2cccnc2)nc1C. The van der Waals surface area contributed by atoms with Crippen molar-refractivity contribution in [3.05, 3.63) is 42.9 Å². The molecule has 0 aliphatic heterocycles. The molecule has 0 aliphatic carbocycles. The van der Waals surface area contributed by atoms with Gasteiger partial charge in [-0.3, -0.25) is 9.78 Å². The monoisotopic (exact) mass is 445 g/mol. The number of carbonyl (C=O) groups excluding carboxylic acids is 1. The molecule has 2 heterocycles. The van der Waals surface area contributed by atoms with Gasteiger partial charge in [-0.15, -0.1) is 0 Å². The summed E-state index contributed by atoms with van der Waals surface area (Å²) >= 11 is 0.572. The first-order valence-electron chi connectivity index (χ1n) is 7.53. The quantitative estimate of drug-likeness (QED) is 0.472. The Hall–Kier alpha value is -2.57. The Morgan fingerprint density at radius 1 is 1.14 bits per heavy atom. The predicted molar refractivity (Wildman–Crippen MR) is 88.7 cm³/mol. The van der Waals surface area contributed by atoms with Crippen LogP contribution in [0.25, 0.3) is 10.6 Å². The van der Waals surface area contributed by atoms with Crippen LogP contribution in [0.4, 0.5) is 40.1 Å². The van der Waals surface area contributed by atoms with Crippen LogP contribution in [0, 0.1) is 6.92 Å². The van der Waals surface area contributed by atoms with E-state index in [0.717, 1.165) is 0 Å². The third kappa shape index (κ3) is 3.70. The standard InChI is InChI=1S/C16H11F8N3OS/c1-3-13(17,18)15(21,22)16(23,24)14(19,20)12(28)27-10-8(2)26-11(29-10)9-5-4-6-25-7-9/h3-7H,1H2,2H3,(H,27,28). The number of thiazole rings is 1. The first-order valence-corrected chi connectivity index (χ1v) is 8.35. The van der Waals surface area contributed by atoms with Crippen LogP contribution in [0.5, 0.6) is 0 Å². The molecule has 0 radical (unpaired) electrons. The molecule has 0 unspecified atom stereocenters. The van der Waals surface area contributed by atoms with E-state index in [0.29, 0.717) is 16.9 Å². The van der Waals surface area contributed by atoms with Crippen LogP contribution in [0.15, 0.2) is 37.2 Å². The normalized spacial score (nSPS) is 13.3. The second-order valence-corrected chi connectivity index (χ2v) is 6.68. The van der Waals surface area contributed by atoms with Crippen molar-refractivity contribution in [1.29, 1.82) is 0 Å². The molecule has 2 rings (SSSR count). The van der Waals surface area contributed by atoms with Crippen molar-refractivity contribution < 1.29 is 39.9 Å². The van der Waals surface area contributed by atoms with Crippen LogP contribution < -0.4 is 5.32 Å². The van der Waals surface area contributed by atoms with E-state index in [2.05, 4.69) is 16.5 Å². The fourth-order valence-corrected chi connectivity index (χ4v) is 2.94.